The van der Waals surface area contributed by atoms with Crippen LogP contribution in [-0.4, -0.2) is 22.8 Å². The molecule has 5 nitrogen and oxygen atoms in total. The fourth-order valence-electron chi connectivity index (χ4n) is 1.57. The molecule has 1 aromatic rings. The van der Waals surface area contributed by atoms with E-state index in [4.69, 9.17) is 9.47 Å². The van der Waals surface area contributed by atoms with E-state index in [-0.39, 0.29) is 11.3 Å². The molecule has 1 aliphatic rings. The van der Waals surface area contributed by atoms with Gasteiger partial charge < -0.3 is 14.6 Å². The van der Waals surface area contributed by atoms with Crippen molar-refractivity contribution in [3.05, 3.63) is 33.8 Å². The van der Waals surface area contributed by atoms with Crippen molar-refractivity contribution >= 4 is 33.9 Å². The summed E-state index contributed by atoms with van der Waals surface area (Å²) in [6.07, 6.45) is 1.35. The SMILES string of the molecule is CC1(C)OC(=O)C(=Cc2ccc(O)cc2Br)C(=O)O1. The molecule has 0 unspecified atom stereocenters. The lowest BCUT2D eigenvalue weighted by atomic mass is 10.1. The molecule has 1 aliphatic heterocycles. The zero-order chi connectivity index (χ0) is 14.2. The molecule has 1 fully saturated rings. The number of halogens is 1. The first kappa shape index (κ1) is 13.6. The molecule has 100 valence electrons. The van der Waals surface area contributed by atoms with Gasteiger partial charge in [-0.25, -0.2) is 9.59 Å². The first-order valence-electron chi connectivity index (χ1n) is 5.45. The number of phenols is 1. The van der Waals surface area contributed by atoms with Crippen LogP contribution in [0.3, 0.4) is 0 Å². The lowest BCUT2D eigenvalue weighted by Gasteiger charge is -2.29. The quantitative estimate of drug-likeness (QED) is 0.487. The van der Waals surface area contributed by atoms with Gasteiger partial charge in [0.15, 0.2) is 0 Å². The van der Waals surface area contributed by atoms with Crippen LogP contribution < -0.4 is 0 Å². The third-order valence-electron chi connectivity index (χ3n) is 2.40. The van der Waals surface area contributed by atoms with Gasteiger partial charge in [0, 0.05) is 18.3 Å². The van der Waals surface area contributed by atoms with Crippen molar-refractivity contribution in [2.75, 3.05) is 0 Å². The number of benzene rings is 1. The summed E-state index contributed by atoms with van der Waals surface area (Å²) in [6, 6.07) is 4.46. The van der Waals surface area contributed by atoms with Gasteiger partial charge in [-0.3, -0.25) is 0 Å². The molecule has 0 saturated carbocycles. The fourth-order valence-corrected chi connectivity index (χ4v) is 2.05. The largest absolute Gasteiger partial charge is 0.508 e. The molecule has 0 radical (unpaired) electrons. The number of ether oxygens (including phenoxy) is 2. The van der Waals surface area contributed by atoms with E-state index in [0.29, 0.717) is 10.0 Å². The van der Waals surface area contributed by atoms with E-state index < -0.39 is 17.7 Å². The maximum Gasteiger partial charge on any atom is 0.348 e. The fraction of sp³-hybridized carbons (Fsp3) is 0.231. The Balaban J connectivity index is 2.38. The summed E-state index contributed by atoms with van der Waals surface area (Å²) >= 11 is 3.23. The smallest absolute Gasteiger partial charge is 0.348 e. The van der Waals surface area contributed by atoms with E-state index in [1.165, 1.54) is 32.1 Å². The highest BCUT2D eigenvalue weighted by Crippen LogP contribution is 2.28. The van der Waals surface area contributed by atoms with Gasteiger partial charge in [-0.15, -0.1) is 0 Å². The van der Waals surface area contributed by atoms with Crippen LogP contribution in [-0.2, 0) is 19.1 Å². The summed E-state index contributed by atoms with van der Waals surface area (Å²) in [6.45, 7) is 2.96. The Morgan fingerprint density at radius 3 is 2.32 bits per heavy atom. The Kier molecular flexibility index (Phi) is 3.36. The predicted molar refractivity (Wildman–Crippen MR) is 70.0 cm³/mol. The van der Waals surface area contributed by atoms with E-state index in [1.54, 1.807) is 6.07 Å². The van der Waals surface area contributed by atoms with Crippen molar-refractivity contribution in [1.82, 2.24) is 0 Å². The molecule has 0 spiro atoms. The van der Waals surface area contributed by atoms with E-state index in [1.807, 2.05) is 0 Å². The van der Waals surface area contributed by atoms with E-state index in [2.05, 4.69) is 15.9 Å². The minimum Gasteiger partial charge on any atom is -0.508 e. The number of cyclic esters (lactones) is 2. The number of aromatic hydroxyl groups is 1. The lowest BCUT2D eigenvalue weighted by molar-refractivity contribution is -0.222. The van der Waals surface area contributed by atoms with Gasteiger partial charge in [0.25, 0.3) is 5.79 Å². The predicted octanol–water partition coefficient (Wildman–Crippen LogP) is 2.37. The number of carbonyl (C=O) groups is 2. The third kappa shape index (κ3) is 2.96. The summed E-state index contributed by atoms with van der Waals surface area (Å²) in [4.78, 5) is 23.5. The zero-order valence-electron chi connectivity index (χ0n) is 10.3. The number of hydrogen-bond donors (Lipinski definition) is 1. The van der Waals surface area contributed by atoms with Gasteiger partial charge in [-0.2, -0.15) is 0 Å². The van der Waals surface area contributed by atoms with E-state index in [9.17, 15) is 14.7 Å². The summed E-state index contributed by atoms with van der Waals surface area (Å²) in [5.41, 5.74) is 0.368. The molecule has 1 aromatic carbocycles. The molecule has 0 atom stereocenters. The van der Waals surface area contributed by atoms with Crippen LogP contribution in [0.1, 0.15) is 19.4 Å². The van der Waals surface area contributed by atoms with Crippen LogP contribution in [0.25, 0.3) is 6.08 Å². The molecule has 0 aromatic heterocycles. The molecule has 2 rings (SSSR count). The molecule has 1 saturated heterocycles. The van der Waals surface area contributed by atoms with Crippen molar-refractivity contribution in [1.29, 1.82) is 0 Å². The van der Waals surface area contributed by atoms with Crippen LogP contribution in [0.4, 0.5) is 0 Å². The second kappa shape index (κ2) is 4.70. The lowest BCUT2D eigenvalue weighted by Crippen LogP contribution is -2.41. The Hall–Kier alpha value is -1.82. The van der Waals surface area contributed by atoms with Crippen molar-refractivity contribution in [3.63, 3.8) is 0 Å². The molecule has 0 bridgehead atoms. The average Bonchev–Trinajstić information content (AvgIpc) is 2.24. The molecule has 6 heteroatoms. The van der Waals surface area contributed by atoms with Crippen LogP contribution in [0.2, 0.25) is 0 Å². The Morgan fingerprint density at radius 1 is 1.21 bits per heavy atom. The average molecular weight is 327 g/mol. The number of phenolic OH excluding ortho intramolecular Hbond substituents is 1. The minimum atomic E-state index is -1.25. The number of carbonyl (C=O) groups excluding carboxylic acids is 2. The molecular weight excluding hydrogens is 316 g/mol. The monoisotopic (exact) mass is 326 g/mol. The van der Waals surface area contributed by atoms with E-state index in [0.717, 1.165) is 0 Å². The van der Waals surface area contributed by atoms with Crippen LogP contribution in [0.15, 0.2) is 28.2 Å². The Bertz CT molecular complexity index is 567. The minimum absolute atomic E-state index is 0.0731. The molecular formula is C13H11BrO5. The summed E-state index contributed by atoms with van der Waals surface area (Å²) < 4.78 is 10.5. The molecule has 0 aliphatic carbocycles. The zero-order valence-corrected chi connectivity index (χ0v) is 11.9. The van der Waals surface area contributed by atoms with Crippen LogP contribution >= 0.6 is 15.9 Å². The van der Waals surface area contributed by atoms with Crippen LogP contribution in [0.5, 0.6) is 5.75 Å². The second-order valence-electron chi connectivity index (χ2n) is 4.44. The highest BCUT2D eigenvalue weighted by atomic mass is 79.9. The molecule has 0 amide bonds. The molecule has 1 N–H and O–H groups in total. The Labute approximate surface area is 118 Å². The maximum absolute atomic E-state index is 11.7. The van der Waals surface area contributed by atoms with E-state index >= 15 is 0 Å². The van der Waals surface area contributed by atoms with Crippen LogP contribution in [0, 0.1) is 0 Å². The summed E-state index contributed by atoms with van der Waals surface area (Å²) in [5, 5.41) is 9.28. The third-order valence-corrected chi connectivity index (χ3v) is 3.09. The van der Waals surface area contributed by atoms with Crippen molar-refractivity contribution in [2.24, 2.45) is 0 Å². The first-order valence-corrected chi connectivity index (χ1v) is 6.25. The highest BCUT2D eigenvalue weighted by Gasteiger charge is 2.38. The summed E-state index contributed by atoms with van der Waals surface area (Å²) in [7, 11) is 0. The number of esters is 2. The van der Waals surface area contributed by atoms with Gasteiger partial charge in [0.1, 0.15) is 11.3 Å². The molecule has 19 heavy (non-hydrogen) atoms. The van der Waals surface area contributed by atoms with Gasteiger partial charge in [-0.1, -0.05) is 22.0 Å². The van der Waals surface area contributed by atoms with Gasteiger partial charge in [0.05, 0.1) is 0 Å². The first-order chi connectivity index (χ1) is 8.78. The highest BCUT2D eigenvalue weighted by molar-refractivity contribution is 9.10. The number of rotatable bonds is 1. The van der Waals surface area contributed by atoms with Crippen molar-refractivity contribution < 1.29 is 24.2 Å². The normalized spacial score (nSPS) is 17.7. The standard InChI is InChI=1S/C13H11BrO5/c1-13(2)18-11(16)9(12(17)19-13)5-7-3-4-8(15)6-10(7)14/h3-6,15H,1-2H3. The maximum atomic E-state index is 11.7. The van der Waals surface area contributed by atoms with Gasteiger partial charge in [0.2, 0.25) is 0 Å². The molecule has 1 heterocycles. The topological polar surface area (TPSA) is 72.8 Å². The Morgan fingerprint density at radius 2 is 1.79 bits per heavy atom. The number of hydrogen-bond acceptors (Lipinski definition) is 5. The second-order valence-corrected chi connectivity index (χ2v) is 5.30. The van der Waals surface area contributed by atoms with Gasteiger partial charge >= 0.3 is 11.9 Å². The summed E-state index contributed by atoms with van der Waals surface area (Å²) in [5.74, 6) is -2.65. The van der Waals surface area contributed by atoms with Crippen molar-refractivity contribution in [3.8, 4) is 5.75 Å². The van der Waals surface area contributed by atoms with Crippen molar-refractivity contribution in [2.45, 2.75) is 19.6 Å². The van der Waals surface area contributed by atoms with Gasteiger partial charge in [-0.05, 0) is 23.8 Å².